The molecule has 11 nitrogen and oxygen atoms in total. The maximum Gasteiger partial charge on any atom is 0.126 e. The van der Waals surface area contributed by atoms with Gasteiger partial charge in [-0.15, -0.1) is 0 Å². The predicted octanol–water partition coefficient (Wildman–Crippen LogP) is 22.3. The Morgan fingerprint density at radius 3 is 0.450 bits per heavy atom. The molecule has 4 aliphatic rings. The van der Waals surface area contributed by atoms with Crippen LogP contribution in [0.2, 0.25) is 0 Å². The van der Waals surface area contributed by atoms with Crippen LogP contribution in [0.4, 0.5) is 0 Å². The molecule has 0 saturated heterocycles. The molecule has 0 aliphatic carbocycles. The van der Waals surface area contributed by atoms with E-state index < -0.39 is 0 Å². The molecule has 20 bridgehead atoms. The molecular formula is C100H132O11. The normalized spacial score (nSPS) is 16.1. The van der Waals surface area contributed by atoms with E-state index in [-0.39, 0.29) is 92.7 Å². The minimum atomic E-state index is -0.333. The highest BCUT2D eigenvalue weighted by Crippen LogP contribution is 2.48. The first-order chi connectivity index (χ1) is 51.7. The molecule has 111 heavy (non-hydrogen) atoms. The molecule has 11 heteroatoms. The van der Waals surface area contributed by atoms with Crippen LogP contribution in [0.5, 0.6) is 46.0 Å². The Morgan fingerprint density at radius 1 is 0.180 bits per heavy atom. The van der Waals surface area contributed by atoms with Crippen molar-refractivity contribution in [1.82, 2.24) is 0 Å². The van der Waals surface area contributed by atoms with Gasteiger partial charge in [-0.3, -0.25) is 0 Å². The zero-order chi connectivity index (χ0) is 80.9. The van der Waals surface area contributed by atoms with Gasteiger partial charge < -0.3 is 53.6 Å². The molecule has 0 fully saturated rings. The first-order valence-corrected chi connectivity index (χ1v) is 41.0. The number of phenols is 4. The molecule has 0 unspecified atom stereocenters. The maximum absolute atomic E-state index is 13.5. The number of benzene rings is 8. The number of aromatic hydroxyl groups is 4. The molecule has 4 aliphatic heterocycles. The molecule has 0 spiro atoms. The average Bonchev–Trinajstić information content (AvgIpc) is 0.852. The summed E-state index contributed by atoms with van der Waals surface area (Å²) in [6.07, 6.45) is 3.95. The largest absolute Gasteiger partial charge is 0.507 e. The first-order valence-electron chi connectivity index (χ1n) is 41.0. The minimum Gasteiger partial charge on any atom is -0.507 e. The Kier molecular flexibility index (Phi) is 24.6. The third-order valence-electron chi connectivity index (χ3n) is 22.7. The lowest BCUT2D eigenvalue weighted by molar-refractivity contribution is 0.00484. The van der Waals surface area contributed by atoms with Crippen molar-refractivity contribution < 1.29 is 53.6 Å². The highest BCUT2D eigenvalue weighted by atomic mass is 16.6. The van der Waals surface area contributed by atoms with Crippen molar-refractivity contribution in [2.24, 2.45) is 0 Å². The van der Waals surface area contributed by atoms with E-state index in [4.69, 9.17) is 33.2 Å². The Balaban J connectivity index is 1.29. The number of fused-ring (bicyclic) bond motifs is 17. The van der Waals surface area contributed by atoms with Gasteiger partial charge in [-0.2, -0.15) is 0 Å². The van der Waals surface area contributed by atoms with Crippen LogP contribution in [-0.4, -0.2) is 86.5 Å². The van der Waals surface area contributed by atoms with E-state index in [1.165, 1.54) is 0 Å². The Morgan fingerprint density at radius 2 is 0.306 bits per heavy atom. The Hall–Kier alpha value is -7.96. The molecule has 8 aromatic rings. The van der Waals surface area contributed by atoms with Crippen LogP contribution in [0, 0.1) is 0 Å². The van der Waals surface area contributed by atoms with Gasteiger partial charge in [0.2, 0.25) is 0 Å². The second-order valence-electron chi connectivity index (χ2n) is 40.4. The number of hydrogen-bond acceptors (Lipinski definition) is 11. The fourth-order valence-corrected chi connectivity index (χ4v) is 15.5. The van der Waals surface area contributed by atoms with Gasteiger partial charge in [0.05, 0.1) is 52.9 Å². The van der Waals surface area contributed by atoms with E-state index in [1.54, 1.807) is 0 Å². The Labute approximate surface area is 666 Å². The molecular weight excluding hydrogens is 1380 g/mol. The summed E-state index contributed by atoms with van der Waals surface area (Å²) < 4.78 is 48.1. The first kappa shape index (κ1) is 84.0. The summed E-state index contributed by atoms with van der Waals surface area (Å²) in [7, 11) is 0. The summed E-state index contributed by atoms with van der Waals surface area (Å²) in [6, 6.07) is 35.8. The van der Waals surface area contributed by atoms with Crippen LogP contribution < -0.4 is 18.9 Å². The highest BCUT2D eigenvalue weighted by Gasteiger charge is 2.33. The van der Waals surface area contributed by atoms with Crippen molar-refractivity contribution in [2.75, 3.05) is 66.1 Å². The summed E-state index contributed by atoms with van der Waals surface area (Å²) in [6.45, 7) is 56.8. The fraction of sp³-hybridized carbons (Fsp3) is 0.520. The maximum atomic E-state index is 13.5. The molecule has 8 aromatic carbocycles. The topological polar surface area (TPSA) is 146 Å². The lowest BCUT2D eigenvalue weighted by Crippen LogP contribution is -2.18. The number of phenolic OH excluding ortho intramolecular Hbond substituents is 4. The van der Waals surface area contributed by atoms with Crippen LogP contribution in [-0.2, 0) is 109 Å². The second kappa shape index (κ2) is 32.5. The summed E-state index contributed by atoms with van der Waals surface area (Å²) in [5.74, 6) is 3.64. The smallest absolute Gasteiger partial charge is 0.126 e. The summed E-state index contributed by atoms with van der Waals surface area (Å²) >= 11 is 0. The zero-order valence-corrected chi connectivity index (χ0v) is 72.0. The molecule has 0 aromatic heterocycles. The SMILES string of the molecule is CC(C)(C)c1cc2c(O)c(c1)Cc1cc(C(C)(C)C)cc3c1OCCOCCOCCOCCOc1c4cc(C(C)(C)C)cc1Cc1cc(C(C)(C)C)cc(c1O)Cc1cc(C(C)(C)C)cc(c1OCCCCOc1c(cc(C(C)(C)C)cc1Cc1cc(C(C)(C)C)cc(c1O)C4)C2)Cc1cc(C(C)(C)C)cc(c1O)C3. The van der Waals surface area contributed by atoms with Gasteiger partial charge >= 0.3 is 0 Å². The van der Waals surface area contributed by atoms with Gasteiger partial charge in [0, 0.05) is 51.4 Å². The van der Waals surface area contributed by atoms with Crippen LogP contribution in [0.1, 0.15) is 313 Å². The highest BCUT2D eigenvalue weighted by molar-refractivity contribution is 5.63. The molecule has 0 atom stereocenters. The van der Waals surface area contributed by atoms with Crippen molar-refractivity contribution in [2.45, 2.75) is 274 Å². The van der Waals surface area contributed by atoms with Gasteiger partial charge in [-0.1, -0.05) is 263 Å². The van der Waals surface area contributed by atoms with E-state index in [0.717, 1.165) is 145 Å². The fourth-order valence-electron chi connectivity index (χ4n) is 15.5. The van der Waals surface area contributed by atoms with E-state index in [9.17, 15) is 20.4 Å². The summed E-state index contributed by atoms with van der Waals surface area (Å²) in [5.41, 5.74) is 19.6. The second-order valence-corrected chi connectivity index (χ2v) is 40.4. The quantitative estimate of drug-likeness (QED) is 0.108. The molecule has 4 heterocycles. The van der Waals surface area contributed by atoms with Crippen molar-refractivity contribution in [1.29, 1.82) is 0 Å². The molecule has 12 rings (SSSR count). The van der Waals surface area contributed by atoms with Crippen molar-refractivity contribution in [3.63, 3.8) is 0 Å². The lowest BCUT2D eigenvalue weighted by atomic mass is 9.79. The molecule has 0 radical (unpaired) electrons. The molecule has 4 N–H and O–H groups in total. The minimum absolute atomic E-state index is 0.206. The van der Waals surface area contributed by atoms with Crippen molar-refractivity contribution in [3.05, 3.63) is 231 Å². The van der Waals surface area contributed by atoms with Gasteiger partial charge in [-0.05, 0) is 190 Å². The third kappa shape index (κ3) is 20.2. The summed E-state index contributed by atoms with van der Waals surface area (Å²) in [5, 5.41) is 53.9. The van der Waals surface area contributed by atoms with Gasteiger partial charge in [-0.25, -0.2) is 0 Å². The number of rotatable bonds is 0. The van der Waals surface area contributed by atoms with E-state index in [2.05, 4.69) is 263 Å². The van der Waals surface area contributed by atoms with Gasteiger partial charge in [0.15, 0.2) is 0 Å². The van der Waals surface area contributed by atoms with E-state index in [1.807, 2.05) is 0 Å². The van der Waals surface area contributed by atoms with Gasteiger partial charge in [0.1, 0.15) is 59.2 Å². The molecule has 0 saturated carbocycles. The zero-order valence-electron chi connectivity index (χ0n) is 72.0. The van der Waals surface area contributed by atoms with E-state index >= 15 is 0 Å². The van der Waals surface area contributed by atoms with Crippen LogP contribution in [0.3, 0.4) is 0 Å². The molecule has 598 valence electrons. The van der Waals surface area contributed by atoms with Crippen LogP contribution in [0.25, 0.3) is 0 Å². The van der Waals surface area contributed by atoms with Crippen molar-refractivity contribution in [3.8, 4) is 46.0 Å². The van der Waals surface area contributed by atoms with Crippen molar-refractivity contribution >= 4 is 0 Å². The number of ether oxygens (including phenoxy) is 7. The molecule has 0 amide bonds. The van der Waals surface area contributed by atoms with Gasteiger partial charge in [0.25, 0.3) is 0 Å². The number of hydrogen-bond donors (Lipinski definition) is 4. The predicted molar refractivity (Wildman–Crippen MR) is 454 cm³/mol. The lowest BCUT2D eigenvalue weighted by Gasteiger charge is -2.28. The standard InChI is InChI=1S/C100H132O11/c1-93(2,3)77-45-61-37-69-53-81(97(13,14)15)54-70-38-62-46-78(94(4,5)6)51-67(86(62)102)43-75-59-84(100(22,23)24)60-76-44-68-52-80(96(10,11)12)48-64(88(68)104)40-72-56-82(98(16,17)18)55-71(90(72)109-28-26-25-27-108-89(69)70)39-63-47-79(95(7,8)9)50-66(87(63)103)42-74-58-83(99(19,20)21)57-73(41-65(49-77)85(61)101)91(74)110-35-33-106-31-29-105-30-32-107-34-36-111-92(75)76/h45-60,101-104H,25-44H2,1-24H3. The summed E-state index contributed by atoms with van der Waals surface area (Å²) in [4.78, 5) is 0. The van der Waals surface area contributed by atoms with Crippen LogP contribution >= 0.6 is 0 Å². The third-order valence-corrected chi connectivity index (χ3v) is 22.7. The van der Waals surface area contributed by atoms with Crippen LogP contribution in [0.15, 0.2) is 97.1 Å². The Bertz CT molecular complexity index is 4170. The van der Waals surface area contributed by atoms with E-state index in [0.29, 0.717) is 115 Å². The average molecular weight is 1510 g/mol. The monoisotopic (exact) mass is 1510 g/mol.